The van der Waals surface area contributed by atoms with E-state index in [9.17, 15) is 12.8 Å². The Morgan fingerprint density at radius 3 is 2.83 bits per heavy atom. The number of halogens is 1. The van der Waals surface area contributed by atoms with Gasteiger partial charge in [-0.05, 0) is 36.6 Å². The molecule has 0 saturated heterocycles. The molecule has 1 atom stereocenters. The summed E-state index contributed by atoms with van der Waals surface area (Å²) in [7, 11) is -3.60. The van der Waals surface area contributed by atoms with Gasteiger partial charge < -0.3 is 4.74 Å². The number of rotatable bonds is 6. The zero-order valence-electron chi connectivity index (χ0n) is 13.5. The quantitative estimate of drug-likeness (QED) is 0.872. The molecule has 0 aliphatic carbocycles. The van der Waals surface area contributed by atoms with E-state index < -0.39 is 15.8 Å². The molecular weight excluding hydrogens is 329 g/mol. The third kappa shape index (κ3) is 4.13. The highest BCUT2D eigenvalue weighted by molar-refractivity contribution is 7.88. The molecule has 0 aromatic heterocycles. The molecule has 24 heavy (non-hydrogen) atoms. The van der Waals surface area contributed by atoms with Crippen LogP contribution in [0.25, 0.3) is 0 Å². The van der Waals surface area contributed by atoms with E-state index in [1.165, 1.54) is 12.1 Å². The van der Waals surface area contributed by atoms with E-state index in [2.05, 4.69) is 10.8 Å². The number of hydrogen-bond acceptors (Lipinski definition) is 3. The summed E-state index contributed by atoms with van der Waals surface area (Å²) in [4.78, 5) is 0. The predicted molar refractivity (Wildman–Crippen MR) is 91.0 cm³/mol. The Hall–Kier alpha value is -1.92. The molecule has 2 aromatic carbocycles. The molecule has 6 heteroatoms. The Labute approximate surface area is 141 Å². The first-order chi connectivity index (χ1) is 11.4. The van der Waals surface area contributed by atoms with Gasteiger partial charge in [-0.1, -0.05) is 30.3 Å². The van der Waals surface area contributed by atoms with Crippen LogP contribution in [0.15, 0.2) is 42.5 Å². The molecule has 0 radical (unpaired) electrons. The van der Waals surface area contributed by atoms with Crippen molar-refractivity contribution in [3.05, 3.63) is 65.0 Å². The number of ether oxygens (including phenoxy) is 1. The first kappa shape index (κ1) is 16.9. The standard InChI is InChI=1S/C18H20FNO3S/c1-13(10-14-6-7-18-15(11-14)8-9-23-18)20-24(21,22)12-16-4-2-3-5-17(16)19/h2-7,11,13,20H,8-10,12H2,1H3/t13-/m1/s1. The van der Waals surface area contributed by atoms with Crippen LogP contribution in [0.5, 0.6) is 5.75 Å². The number of sulfonamides is 1. The predicted octanol–water partition coefficient (Wildman–Crippen LogP) is 2.81. The molecule has 1 aliphatic rings. The van der Waals surface area contributed by atoms with Crippen molar-refractivity contribution < 1.29 is 17.5 Å². The van der Waals surface area contributed by atoms with Gasteiger partial charge >= 0.3 is 0 Å². The summed E-state index contributed by atoms with van der Waals surface area (Å²) in [6.07, 6.45) is 1.46. The molecule has 0 amide bonds. The van der Waals surface area contributed by atoms with E-state index in [1.54, 1.807) is 12.1 Å². The monoisotopic (exact) mass is 349 g/mol. The number of hydrogen-bond donors (Lipinski definition) is 1. The van der Waals surface area contributed by atoms with Gasteiger partial charge in [0.1, 0.15) is 11.6 Å². The van der Waals surface area contributed by atoms with Gasteiger partial charge in [0.15, 0.2) is 0 Å². The topological polar surface area (TPSA) is 55.4 Å². The van der Waals surface area contributed by atoms with Gasteiger partial charge in [0.2, 0.25) is 10.0 Å². The summed E-state index contributed by atoms with van der Waals surface area (Å²) in [5.41, 5.74) is 2.39. The van der Waals surface area contributed by atoms with Crippen LogP contribution in [-0.2, 0) is 28.6 Å². The van der Waals surface area contributed by atoms with E-state index in [1.807, 2.05) is 19.1 Å². The second-order valence-electron chi connectivity index (χ2n) is 6.11. The molecule has 0 bridgehead atoms. The minimum absolute atomic E-state index is 0.173. The summed E-state index contributed by atoms with van der Waals surface area (Å²) < 4.78 is 46.2. The highest BCUT2D eigenvalue weighted by Crippen LogP contribution is 2.26. The second-order valence-corrected chi connectivity index (χ2v) is 7.87. The maximum atomic E-state index is 13.6. The van der Waals surface area contributed by atoms with Crippen molar-refractivity contribution in [3.63, 3.8) is 0 Å². The van der Waals surface area contributed by atoms with Gasteiger partial charge in [0, 0.05) is 18.0 Å². The molecule has 0 unspecified atom stereocenters. The molecule has 1 heterocycles. The van der Waals surface area contributed by atoms with Crippen LogP contribution in [0.3, 0.4) is 0 Å². The Kier molecular flexibility index (Phi) is 4.87. The molecule has 4 nitrogen and oxygen atoms in total. The van der Waals surface area contributed by atoms with Crippen LogP contribution in [0.1, 0.15) is 23.6 Å². The zero-order chi connectivity index (χ0) is 17.2. The van der Waals surface area contributed by atoms with Gasteiger partial charge in [-0.2, -0.15) is 0 Å². The SMILES string of the molecule is C[C@H](Cc1ccc2c(c1)CCO2)NS(=O)(=O)Cc1ccccc1F. The number of nitrogens with one attached hydrogen (secondary N) is 1. The Bertz CT molecular complexity index is 836. The Balaban J connectivity index is 1.63. The molecule has 0 saturated carbocycles. The van der Waals surface area contributed by atoms with Gasteiger partial charge in [-0.3, -0.25) is 0 Å². The van der Waals surface area contributed by atoms with Crippen molar-refractivity contribution in [2.75, 3.05) is 6.61 Å². The van der Waals surface area contributed by atoms with Gasteiger partial charge in [-0.15, -0.1) is 0 Å². The number of fused-ring (bicyclic) bond motifs is 1. The molecule has 1 aliphatic heterocycles. The molecule has 3 rings (SSSR count). The van der Waals surface area contributed by atoms with Crippen LogP contribution < -0.4 is 9.46 Å². The van der Waals surface area contributed by atoms with Crippen molar-refractivity contribution in [3.8, 4) is 5.75 Å². The maximum absolute atomic E-state index is 13.6. The first-order valence-corrected chi connectivity index (χ1v) is 9.56. The Morgan fingerprint density at radius 2 is 2.04 bits per heavy atom. The summed E-state index contributed by atoms with van der Waals surface area (Å²) >= 11 is 0. The fourth-order valence-corrected chi connectivity index (χ4v) is 4.35. The molecule has 2 aromatic rings. The lowest BCUT2D eigenvalue weighted by molar-refractivity contribution is 0.357. The third-order valence-corrected chi connectivity index (χ3v) is 5.43. The van der Waals surface area contributed by atoms with E-state index in [-0.39, 0.29) is 17.4 Å². The van der Waals surface area contributed by atoms with Crippen molar-refractivity contribution in [2.24, 2.45) is 0 Å². The average molecular weight is 349 g/mol. The van der Waals surface area contributed by atoms with Crippen LogP contribution in [0.2, 0.25) is 0 Å². The fourth-order valence-electron chi connectivity index (χ4n) is 2.93. The van der Waals surface area contributed by atoms with Gasteiger partial charge in [0.05, 0.1) is 12.4 Å². The minimum Gasteiger partial charge on any atom is -0.493 e. The van der Waals surface area contributed by atoms with Crippen molar-refractivity contribution in [1.82, 2.24) is 4.72 Å². The summed E-state index contributed by atoms with van der Waals surface area (Å²) in [5.74, 6) is 0.0443. The first-order valence-electron chi connectivity index (χ1n) is 7.91. The largest absolute Gasteiger partial charge is 0.493 e. The van der Waals surface area contributed by atoms with Gasteiger partial charge in [0.25, 0.3) is 0 Å². The van der Waals surface area contributed by atoms with Crippen LogP contribution in [-0.4, -0.2) is 21.1 Å². The van der Waals surface area contributed by atoms with Crippen LogP contribution >= 0.6 is 0 Å². The molecule has 1 N–H and O–H groups in total. The van der Waals surface area contributed by atoms with E-state index in [4.69, 9.17) is 4.74 Å². The van der Waals surface area contributed by atoms with E-state index in [0.29, 0.717) is 13.0 Å². The Morgan fingerprint density at radius 1 is 1.25 bits per heavy atom. The molecule has 0 fully saturated rings. The highest BCUT2D eigenvalue weighted by Gasteiger charge is 2.18. The fraction of sp³-hybridized carbons (Fsp3) is 0.333. The lowest BCUT2D eigenvalue weighted by atomic mass is 10.0. The normalized spacial score (nSPS) is 14.9. The summed E-state index contributed by atoms with van der Waals surface area (Å²) in [6.45, 7) is 2.51. The second kappa shape index (κ2) is 6.91. The van der Waals surface area contributed by atoms with Crippen molar-refractivity contribution >= 4 is 10.0 Å². The van der Waals surface area contributed by atoms with Crippen LogP contribution in [0.4, 0.5) is 4.39 Å². The minimum atomic E-state index is -3.60. The molecule has 0 spiro atoms. The van der Waals surface area contributed by atoms with Gasteiger partial charge in [-0.25, -0.2) is 17.5 Å². The molecule has 128 valence electrons. The highest BCUT2D eigenvalue weighted by atomic mass is 32.2. The maximum Gasteiger partial charge on any atom is 0.216 e. The average Bonchev–Trinajstić information content (AvgIpc) is 2.96. The third-order valence-electron chi connectivity index (χ3n) is 3.98. The van der Waals surface area contributed by atoms with E-state index >= 15 is 0 Å². The molecular formula is C18H20FNO3S. The zero-order valence-corrected chi connectivity index (χ0v) is 14.3. The van der Waals surface area contributed by atoms with Crippen molar-refractivity contribution in [1.29, 1.82) is 0 Å². The van der Waals surface area contributed by atoms with Crippen molar-refractivity contribution in [2.45, 2.75) is 31.6 Å². The van der Waals surface area contributed by atoms with E-state index in [0.717, 1.165) is 23.3 Å². The smallest absolute Gasteiger partial charge is 0.216 e. The lowest BCUT2D eigenvalue weighted by Crippen LogP contribution is -2.35. The number of benzene rings is 2. The summed E-state index contributed by atoms with van der Waals surface area (Å²) in [5, 5.41) is 0. The van der Waals surface area contributed by atoms with Crippen LogP contribution in [0, 0.1) is 5.82 Å². The summed E-state index contributed by atoms with van der Waals surface area (Å²) in [6, 6.07) is 11.6. The lowest BCUT2D eigenvalue weighted by Gasteiger charge is -2.15.